The fraction of sp³-hybridized carbons (Fsp3) is 0.571. The molecule has 1 aromatic rings. The molecule has 2 fully saturated rings. The summed E-state index contributed by atoms with van der Waals surface area (Å²) >= 11 is 0. The zero-order valence-electron chi connectivity index (χ0n) is 16.4. The molecule has 2 aliphatic rings. The largest absolute Gasteiger partial charge is 0.361 e. The lowest BCUT2D eigenvalue weighted by Gasteiger charge is -2.24. The number of hydrogen-bond donors (Lipinski definition) is 3. The number of epoxide rings is 1. The van der Waals surface area contributed by atoms with Gasteiger partial charge < -0.3 is 21.1 Å². The molecule has 1 aliphatic heterocycles. The van der Waals surface area contributed by atoms with Crippen molar-refractivity contribution >= 4 is 17.6 Å². The van der Waals surface area contributed by atoms with Crippen LogP contribution >= 0.6 is 0 Å². The molecule has 0 aromatic heterocycles. The van der Waals surface area contributed by atoms with E-state index in [9.17, 15) is 14.4 Å². The van der Waals surface area contributed by atoms with E-state index >= 15 is 0 Å². The fourth-order valence-corrected chi connectivity index (χ4v) is 3.17. The number of rotatable bonds is 10. The topological polar surface area (TPSA) is 114 Å². The summed E-state index contributed by atoms with van der Waals surface area (Å²) in [7, 11) is 0. The average molecular weight is 387 g/mol. The van der Waals surface area contributed by atoms with Gasteiger partial charge in [0.25, 0.3) is 0 Å². The molecule has 28 heavy (non-hydrogen) atoms. The van der Waals surface area contributed by atoms with E-state index in [1.54, 1.807) is 13.8 Å². The molecular formula is C21H29N3O4. The van der Waals surface area contributed by atoms with Gasteiger partial charge in [-0.3, -0.25) is 14.4 Å². The number of amides is 2. The van der Waals surface area contributed by atoms with Gasteiger partial charge in [-0.05, 0) is 38.2 Å². The molecule has 4 atom stereocenters. The number of carbonyl (C=O) groups excluding carboxylic acids is 3. The van der Waals surface area contributed by atoms with Crippen LogP contribution in [-0.4, -0.2) is 47.9 Å². The molecule has 1 saturated heterocycles. The van der Waals surface area contributed by atoms with E-state index in [0.717, 1.165) is 18.4 Å². The summed E-state index contributed by atoms with van der Waals surface area (Å²) in [4.78, 5) is 37.9. The summed E-state index contributed by atoms with van der Waals surface area (Å²) < 4.78 is 5.30. The van der Waals surface area contributed by atoms with Crippen molar-refractivity contribution in [2.75, 3.05) is 6.61 Å². The lowest BCUT2D eigenvalue weighted by molar-refractivity contribution is -0.133. The normalized spacial score (nSPS) is 24.0. The summed E-state index contributed by atoms with van der Waals surface area (Å²) in [6.07, 6.45) is 3.04. The Morgan fingerprint density at radius 1 is 1.14 bits per heavy atom. The van der Waals surface area contributed by atoms with E-state index < -0.39 is 23.7 Å². The number of ketones is 1. The van der Waals surface area contributed by atoms with Crippen molar-refractivity contribution < 1.29 is 19.1 Å². The Morgan fingerprint density at radius 2 is 1.75 bits per heavy atom. The molecule has 0 radical (unpaired) electrons. The van der Waals surface area contributed by atoms with Gasteiger partial charge in [-0.25, -0.2) is 0 Å². The molecule has 1 saturated carbocycles. The van der Waals surface area contributed by atoms with E-state index in [0.29, 0.717) is 25.4 Å². The maximum absolute atomic E-state index is 13.0. The first kappa shape index (κ1) is 20.5. The van der Waals surface area contributed by atoms with Crippen LogP contribution in [0.2, 0.25) is 0 Å². The predicted octanol–water partition coefficient (Wildman–Crippen LogP) is 0.704. The SMILES string of the molecule is CC(N)C(=O)NC(CC1CC1)C(=O)NC(Cc1ccccc1)C(=O)C1(C)CO1. The first-order valence-corrected chi connectivity index (χ1v) is 9.87. The van der Waals surface area contributed by atoms with Gasteiger partial charge in [-0.2, -0.15) is 0 Å². The molecule has 1 heterocycles. The van der Waals surface area contributed by atoms with Crippen molar-refractivity contribution in [1.29, 1.82) is 0 Å². The number of nitrogens with one attached hydrogen (secondary N) is 2. The van der Waals surface area contributed by atoms with Gasteiger partial charge in [0.05, 0.1) is 18.7 Å². The third kappa shape index (κ3) is 5.39. The molecule has 1 aromatic carbocycles. The number of Topliss-reactive ketones (excluding diaryl/α,β-unsaturated/α-hetero) is 1. The van der Waals surface area contributed by atoms with Gasteiger partial charge in [0.15, 0.2) is 5.78 Å². The fourth-order valence-electron chi connectivity index (χ4n) is 3.17. The summed E-state index contributed by atoms with van der Waals surface area (Å²) in [5.41, 5.74) is 5.74. The third-order valence-electron chi connectivity index (χ3n) is 5.33. The minimum Gasteiger partial charge on any atom is -0.361 e. The monoisotopic (exact) mass is 387 g/mol. The van der Waals surface area contributed by atoms with Crippen molar-refractivity contribution in [2.24, 2.45) is 11.7 Å². The highest BCUT2D eigenvalue weighted by Crippen LogP contribution is 2.34. The minimum absolute atomic E-state index is 0.145. The zero-order valence-corrected chi connectivity index (χ0v) is 16.4. The van der Waals surface area contributed by atoms with Crippen LogP contribution in [0, 0.1) is 5.92 Å². The number of carbonyl (C=O) groups is 3. The van der Waals surface area contributed by atoms with Crippen LogP contribution in [-0.2, 0) is 25.5 Å². The zero-order chi connectivity index (χ0) is 20.3. The Bertz CT molecular complexity index is 726. The maximum Gasteiger partial charge on any atom is 0.243 e. The number of hydrogen-bond acceptors (Lipinski definition) is 5. The van der Waals surface area contributed by atoms with Crippen LogP contribution in [0.25, 0.3) is 0 Å². The second-order valence-corrected chi connectivity index (χ2v) is 8.16. The summed E-state index contributed by atoms with van der Waals surface area (Å²) in [6.45, 7) is 3.67. The Balaban J connectivity index is 1.71. The third-order valence-corrected chi connectivity index (χ3v) is 5.33. The summed E-state index contributed by atoms with van der Waals surface area (Å²) in [5, 5.41) is 5.60. The van der Waals surface area contributed by atoms with E-state index in [1.807, 2.05) is 30.3 Å². The van der Waals surface area contributed by atoms with Gasteiger partial charge in [0.2, 0.25) is 11.8 Å². The number of ether oxygens (including phenoxy) is 1. The Kier molecular flexibility index (Phi) is 6.15. The van der Waals surface area contributed by atoms with Crippen LogP contribution in [0.15, 0.2) is 30.3 Å². The molecule has 152 valence electrons. The van der Waals surface area contributed by atoms with Crippen LogP contribution < -0.4 is 16.4 Å². The maximum atomic E-state index is 13.0. The first-order chi connectivity index (χ1) is 13.3. The van der Waals surface area contributed by atoms with E-state index in [-0.39, 0.29) is 17.6 Å². The van der Waals surface area contributed by atoms with Crippen molar-refractivity contribution in [3.63, 3.8) is 0 Å². The second kappa shape index (κ2) is 8.41. The van der Waals surface area contributed by atoms with Crippen LogP contribution in [0.4, 0.5) is 0 Å². The molecule has 0 spiro atoms. The molecule has 2 amide bonds. The molecule has 1 aliphatic carbocycles. The van der Waals surface area contributed by atoms with Crippen molar-refractivity contribution in [1.82, 2.24) is 10.6 Å². The van der Waals surface area contributed by atoms with E-state index in [4.69, 9.17) is 10.5 Å². The molecule has 3 rings (SSSR count). The molecule has 7 nitrogen and oxygen atoms in total. The van der Waals surface area contributed by atoms with Crippen molar-refractivity contribution in [3.8, 4) is 0 Å². The smallest absolute Gasteiger partial charge is 0.243 e. The molecular weight excluding hydrogens is 358 g/mol. The van der Waals surface area contributed by atoms with Crippen LogP contribution in [0.3, 0.4) is 0 Å². The van der Waals surface area contributed by atoms with Crippen molar-refractivity contribution in [3.05, 3.63) is 35.9 Å². The summed E-state index contributed by atoms with van der Waals surface area (Å²) in [5.74, 6) is -0.436. The van der Waals surface area contributed by atoms with Gasteiger partial charge in [0.1, 0.15) is 11.6 Å². The molecule has 4 N–H and O–H groups in total. The van der Waals surface area contributed by atoms with Gasteiger partial charge in [-0.15, -0.1) is 0 Å². The predicted molar refractivity (Wildman–Crippen MR) is 104 cm³/mol. The quantitative estimate of drug-likeness (QED) is 0.512. The van der Waals surface area contributed by atoms with E-state index in [2.05, 4.69) is 10.6 Å². The first-order valence-electron chi connectivity index (χ1n) is 9.87. The van der Waals surface area contributed by atoms with E-state index in [1.165, 1.54) is 0 Å². The van der Waals surface area contributed by atoms with Crippen molar-refractivity contribution in [2.45, 2.75) is 63.3 Å². The van der Waals surface area contributed by atoms with Gasteiger partial charge in [-0.1, -0.05) is 43.2 Å². The number of benzene rings is 1. The molecule has 0 bridgehead atoms. The minimum atomic E-state index is -0.840. The Labute approximate surface area is 165 Å². The molecule has 7 heteroatoms. The lowest BCUT2D eigenvalue weighted by Crippen LogP contribution is -2.55. The molecule has 4 unspecified atom stereocenters. The Hall–Kier alpha value is -2.25. The Morgan fingerprint density at radius 3 is 2.29 bits per heavy atom. The standard InChI is InChI=1S/C21H29N3O4/c1-13(22)19(26)24-17(11-15-8-9-15)20(27)23-16(18(25)21(2)12-28-21)10-14-6-4-3-5-7-14/h3-7,13,15-17H,8-12,22H2,1-2H3,(H,23,27)(H,24,26). The highest BCUT2D eigenvalue weighted by molar-refractivity contribution is 5.98. The average Bonchev–Trinajstić information content (AvgIpc) is 3.59. The summed E-state index contributed by atoms with van der Waals surface area (Å²) in [6, 6.07) is 7.43. The van der Waals surface area contributed by atoms with Gasteiger partial charge >= 0.3 is 0 Å². The highest BCUT2D eigenvalue weighted by Gasteiger charge is 2.50. The van der Waals surface area contributed by atoms with Crippen LogP contribution in [0.5, 0.6) is 0 Å². The lowest BCUT2D eigenvalue weighted by atomic mass is 9.94. The van der Waals surface area contributed by atoms with Crippen LogP contribution in [0.1, 0.15) is 38.7 Å². The van der Waals surface area contributed by atoms with Gasteiger partial charge in [0, 0.05) is 0 Å². The number of nitrogens with two attached hydrogens (primary N) is 1. The second-order valence-electron chi connectivity index (χ2n) is 8.16. The highest BCUT2D eigenvalue weighted by atomic mass is 16.6.